The van der Waals surface area contributed by atoms with E-state index in [0.29, 0.717) is 5.92 Å². The fraction of sp³-hybridized carbons (Fsp3) is 0.400. The van der Waals surface area contributed by atoms with Gasteiger partial charge in [-0.15, -0.1) is 0 Å². The first kappa shape index (κ1) is 8.23. The molecule has 0 N–H and O–H groups in total. The number of rotatable bonds is 1. The van der Waals surface area contributed by atoms with E-state index in [-0.39, 0.29) is 0 Å². The molecule has 0 aliphatic carbocycles. The van der Waals surface area contributed by atoms with Gasteiger partial charge in [0.05, 0.1) is 0 Å². The van der Waals surface area contributed by atoms with Crippen molar-refractivity contribution >= 4 is 11.0 Å². The molecule has 0 aliphatic rings. The molecule has 0 atom stereocenters. The Bertz CT molecular complexity index is 429. The predicted octanol–water partition coefficient (Wildman–Crippen LogP) is 2.09. The lowest BCUT2D eigenvalue weighted by Crippen LogP contribution is -1.88. The third-order valence-corrected chi connectivity index (χ3v) is 2.16. The molecule has 0 unspecified atom stereocenters. The zero-order valence-electron chi connectivity index (χ0n) is 8.15. The molecule has 2 rings (SSSR count). The molecule has 13 heavy (non-hydrogen) atoms. The summed E-state index contributed by atoms with van der Waals surface area (Å²) in [4.78, 5) is 4.29. The van der Waals surface area contributed by atoms with Crippen molar-refractivity contribution in [3.8, 4) is 0 Å². The fourth-order valence-corrected chi connectivity index (χ4v) is 1.37. The minimum atomic E-state index is 0.525. The minimum absolute atomic E-state index is 0.525. The maximum Gasteiger partial charge on any atom is 0.181 e. The molecular weight excluding hydrogens is 162 g/mol. The van der Waals surface area contributed by atoms with Crippen molar-refractivity contribution < 1.29 is 0 Å². The van der Waals surface area contributed by atoms with Gasteiger partial charge in [0.2, 0.25) is 0 Å². The monoisotopic (exact) mass is 175 g/mol. The second kappa shape index (κ2) is 2.83. The Morgan fingerprint density at radius 2 is 2.15 bits per heavy atom. The maximum atomic E-state index is 4.29. The van der Waals surface area contributed by atoms with E-state index in [2.05, 4.69) is 30.0 Å². The van der Waals surface area contributed by atoms with Gasteiger partial charge in [0.25, 0.3) is 0 Å². The summed E-state index contributed by atoms with van der Waals surface area (Å²) in [5.41, 5.74) is 2.09. The summed E-state index contributed by atoms with van der Waals surface area (Å²) in [6.07, 6.45) is 3.90. The maximum absolute atomic E-state index is 4.29. The molecular formula is C10H13N3. The average molecular weight is 175 g/mol. The van der Waals surface area contributed by atoms with E-state index in [0.717, 1.165) is 11.0 Å². The summed E-state index contributed by atoms with van der Waals surface area (Å²) in [7, 11) is 1.91. The van der Waals surface area contributed by atoms with Crippen LogP contribution < -0.4 is 0 Å². The van der Waals surface area contributed by atoms with Crippen LogP contribution in [-0.2, 0) is 7.05 Å². The first-order valence-corrected chi connectivity index (χ1v) is 4.46. The van der Waals surface area contributed by atoms with E-state index >= 15 is 0 Å². The van der Waals surface area contributed by atoms with E-state index in [1.807, 2.05) is 19.4 Å². The molecule has 2 aromatic heterocycles. The van der Waals surface area contributed by atoms with Crippen LogP contribution in [0.4, 0.5) is 0 Å². The van der Waals surface area contributed by atoms with Crippen LogP contribution in [0.2, 0.25) is 0 Å². The molecule has 0 aromatic carbocycles. The zero-order valence-corrected chi connectivity index (χ0v) is 8.15. The van der Waals surface area contributed by atoms with Crippen molar-refractivity contribution in [2.75, 3.05) is 0 Å². The van der Waals surface area contributed by atoms with Gasteiger partial charge < -0.3 is 0 Å². The van der Waals surface area contributed by atoms with Crippen LogP contribution in [-0.4, -0.2) is 14.8 Å². The van der Waals surface area contributed by atoms with E-state index in [1.165, 1.54) is 5.56 Å². The quantitative estimate of drug-likeness (QED) is 0.664. The Kier molecular flexibility index (Phi) is 1.79. The van der Waals surface area contributed by atoms with Gasteiger partial charge in [0.1, 0.15) is 0 Å². The normalized spacial score (nSPS) is 11.4. The molecule has 2 heterocycles. The highest BCUT2D eigenvalue weighted by atomic mass is 15.3. The summed E-state index contributed by atoms with van der Waals surface area (Å²) in [6, 6.07) is 2.15. The van der Waals surface area contributed by atoms with Crippen LogP contribution in [0.1, 0.15) is 25.3 Å². The lowest BCUT2D eigenvalue weighted by molar-refractivity contribution is 0.775. The molecule has 0 fully saturated rings. The molecule has 3 nitrogen and oxygen atoms in total. The lowest BCUT2D eigenvalue weighted by atomic mass is 10.1. The molecule has 0 amide bonds. The van der Waals surface area contributed by atoms with Crippen LogP contribution in [0.25, 0.3) is 11.0 Å². The van der Waals surface area contributed by atoms with Crippen LogP contribution in [0, 0.1) is 0 Å². The van der Waals surface area contributed by atoms with Gasteiger partial charge in [0.15, 0.2) is 5.65 Å². The van der Waals surface area contributed by atoms with Crippen LogP contribution in [0.5, 0.6) is 0 Å². The third kappa shape index (κ3) is 1.41. The highest BCUT2D eigenvalue weighted by Crippen LogP contribution is 2.17. The number of nitrogens with zero attached hydrogens (tertiary/aromatic N) is 3. The van der Waals surface area contributed by atoms with Gasteiger partial charge >= 0.3 is 0 Å². The zero-order chi connectivity index (χ0) is 9.42. The number of aryl methyl sites for hydroxylation is 1. The lowest BCUT2D eigenvalue weighted by Gasteiger charge is -2.02. The van der Waals surface area contributed by atoms with E-state index < -0.39 is 0 Å². The molecule has 0 radical (unpaired) electrons. The SMILES string of the molecule is CC(C)c1cnc2nn(C)cc2c1. The number of pyridine rings is 1. The first-order valence-electron chi connectivity index (χ1n) is 4.46. The van der Waals surface area contributed by atoms with Gasteiger partial charge in [-0.1, -0.05) is 13.8 Å². The first-order chi connectivity index (χ1) is 6.16. The Morgan fingerprint density at radius 1 is 1.38 bits per heavy atom. The molecule has 0 spiro atoms. The van der Waals surface area contributed by atoms with Crippen molar-refractivity contribution in [2.24, 2.45) is 7.05 Å². The highest BCUT2D eigenvalue weighted by molar-refractivity contribution is 5.74. The van der Waals surface area contributed by atoms with E-state index in [4.69, 9.17) is 0 Å². The molecule has 0 saturated heterocycles. The van der Waals surface area contributed by atoms with Gasteiger partial charge in [-0.2, -0.15) is 5.10 Å². The second-order valence-electron chi connectivity index (χ2n) is 3.64. The van der Waals surface area contributed by atoms with Crippen LogP contribution in [0.3, 0.4) is 0 Å². The highest BCUT2D eigenvalue weighted by Gasteiger charge is 2.03. The van der Waals surface area contributed by atoms with Gasteiger partial charge in [-0.25, -0.2) is 4.98 Å². The smallest absolute Gasteiger partial charge is 0.181 e. The molecule has 0 bridgehead atoms. The van der Waals surface area contributed by atoms with Crippen LogP contribution in [0.15, 0.2) is 18.5 Å². The minimum Gasteiger partial charge on any atom is -0.273 e. The summed E-state index contributed by atoms with van der Waals surface area (Å²) < 4.78 is 1.79. The summed E-state index contributed by atoms with van der Waals surface area (Å²) >= 11 is 0. The van der Waals surface area contributed by atoms with Crippen molar-refractivity contribution in [2.45, 2.75) is 19.8 Å². The third-order valence-electron chi connectivity index (χ3n) is 2.16. The Hall–Kier alpha value is -1.38. The Labute approximate surface area is 77.4 Å². The number of fused-ring (bicyclic) bond motifs is 1. The number of hydrogen-bond donors (Lipinski definition) is 0. The van der Waals surface area contributed by atoms with E-state index in [1.54, 1.807) is 4.68 Å². The summed E-state index contributed by atoms with van der Waals surface area (Å²) in [5, 5.41) is 5.34. The molecule has 0 aliphatic heterocycles. The second-order valence-corrected chi connectivity index (χ2v) is 3.64. The molecule has 68 valence electrons. The molecule has 0 saturated carbocycles. The van der Waals surface area contributed by atoms with E-state index in [9.17, 15) is 0 Å². The van der Waals surface area contributed by atoms with Gasteiger partial charge in [0, 0.05) is 24.8 Å². The van der Waals surface area contributed by atoms with Gasteiger partial charge in [-0.05, 0) is 17.5 Å². The average Bonchev–Trinajstić information content (AvgIpc) is 2.42. The summed E-state index contributed by atoms with van der Waals surface area (Å²) in [5.74, 6) is 0.525. The van der Waals surface area contributed by atoms with Crippen molar-refractivity contribution in [3.63, 3.8) is 0 Å². The number of aromatic nitrogens is 3. The standard InChI is InChI=1S/C10H13N3/c1-7(2)8-4-9-6-13(3)12-10(9)11-5-8/h4-7H,1-3H3. The van der Waals surface area contributed by atoms with Crippen molar-refractivity contribution in [3.05, 3.63) is 24.0 Å². The molecule has 2 aromatic rings. The Balaban J connectivity index is 2.61. The Morgan fingerprint density at radius 3 is 2.85 bits per heavy atom. The van der Waals surface area contributed by atoms with Crippen LogP contribution >= 0.6 is 0 Å². The topological polar surface area (TPSA) is 30.7 Å². The summed E-state index contributed by atoms with van der Waals surface area (Å²) in [6.45, 7) is 4.33. The largest absolute Gasteiger partial charge is 0.273 e. The van der Waals surface area contributed by atoms with Gasteiger partial charge in [-0.3, -0.25) is 4.68 Å². The van der Waals surface area contributed by atoms with Crippen molar-refractivity contribution in [1.29, 1.82) is 0 Å². The number of hydrogen-bond acceptors (Lipinski definition) is 2. The predicted molar refractivity (Wildman–Crippen MR) is 52.6 cm³/mol. The van der Waals surface area contributed by atoms with Crippen molar-refractivity contribution in [1.82, 2.24) is 14.8 Å². The molecule has 3 heteroatoms. The fourth-order valence-electron chi connectivity index (χ4n) is 1.37.